The van der Waals surface area contributed by atoms with E-state index in [1.165, 1.54) is 4.70 Å². The highest BCUT2D eigenvalue weighted by Gasteiger charge is 2.35. The van der Waals surface area contributed by atoms with Crippen LogP contribution in [0.3, 0.4) is 0 Å². The number of thiophene rings is 1. The van der Waals surface area contributed by atoms with Crippen LogP contribution >= 0.6 is 11.3 Å². The third-order valence-corrected chi connectivity index (χ3v) is 6.64. The van der Waals surface area contributed by atoms with Gasteiger partial charge in [-0.25, -0.2) is 0 Å². The van der Waals surface area contributed by atoms with E-state index >= 15 is 0 Å². The molecule has 3 atom stereocenters. The third kappa shape index (κ3) is 3.46. The lowest BCUT2D eigenvalue weighted by molar-refractivity contribution is -0.145. The molecule has 2 heterocycles. The SMILES string of the molecule is O=C(O)C(c1ccc2sc3ccccc3c2c1)N1C[C@H](CO)C[C@H](CO)C1. The number of benzene rings is 2. The van der Waals surface area contributed by atoms with Gasteiger partial charge < -0.3 is 15.3 Å². The van der Waals surface area contributed by atoms with Crippen molar-refractivity contribution < 1.29 is 20.1 Å². The van der Waals surface area contributed by atoms with Crippen LogP contribution in [0.15, 0.2) is 42.5 Å². The number of fused-ring (bicyclic) bond motifs is 3. The van der Waals surface area contributed by atoms with Gasteiger partial charge in [-0.05, 0) is 42.0 Å². The van der Waals surface area contributed by atoms with E-state index in [0.29, 0.717) is 13.1 Å². The second-order valence-electron chi connectivity index (χ2n) is 7.38. The molecule has 1 aliphatic rings. The molecule has 3 aromatic rings. The van der Waals surface area contributed by atoms with Gasteiger partial charge in [-0.3, -0.25) is 9.69 Å². The maximum absolute atomic E-state index is 12.2. The van der Waals surface area contributed by atoms with E-state index in [2.05, 4.69) is 12.1 Å². The van der Waals surface area contributed by atoms with Crippen LogP contribution in [0, 0.1) is 11.8 Å². The largest absolute Gasteiger partial charge is 0.480 e. The normalized spacial score (nSPS) is 22.3. The summed E-state index contributed by atoms with van der Waals surface area (Å²) in [5, 5.41) is 31.4. The molecule has 142 valence electrons. The number of hydrogen-bond donors (Lipinski definition) is 3. The lowest BCUT2D eigenvalue weighted by atomic mass is 9.88. The predicted molar refractivity (Wildman–Crippen MR) is 107 cm³/mol. The number of hydrogen-bond acceptors (Lipinski definition) is 5. The van der Waals surface area contributed by atoms with Crippen LogP contribution < -0.4 is 0 Å². The number of piperidine rings is 1. The maximum Gasteiger partial charge on any atom is 0.325 e. The van der Waals surface area contributed by atoms with Crippen molar-refractivity contribution in [1.82, 2.24) is 4.90 Å². The quantitative estimate of drug-likeness (QED) is 0.629. The third-order valence-electron chi connectivity index (χ3n) is 5.48. The Bertz CT molecular complexity index is 957. The monoisotopic (exact) mass is 385 g/mol. The van der Waals surface area contributed by atoms with Crippen LogP contribution in [0.2, 0.25) is 0 Å². The van der Waals surface area contributed by atoms with Gasteiger partial charge in [-0.2, -0.15) is 0 Å². The van der Waals surface area contributed by atoms with Gasteiger partial charge >= 0.3 is 5.97 Å². The fourth-order valence-electron chi connectivity index (χ4n) is 4.26. The molecule has 5 nitrogen and oxygen atoms in total. The highest BCUT2D eigenvalue weighted by molar-refractivity contribution is 7.25. The number of aliphatic hydroxyl groups is 2. The Morgan fingerprint density at radius 3 is 2.37 bits per heavy atom. The van der Waals surface area contributed by atoms with Gasteiger partial charge in [0.2, 0.25) is 0 Å². The number of aliphatic hydroxyl groups excluding tert-OH is 2. The van der Waals surface area contributed by atoms with Gasteiger partial charge in [-0.1, -0.05) is 24.3 Å². The fraction of sp³-hybridized carbons (Fsp3) is 0.381. The Morgan fingerprint density at radius 2 is 1.70 bits per heavy atom. The van der Waals surface area contributed by atoms with Gasteiger partial charge in [0.25, 0.3) is 0 Å². The van der Waals surface area contributed by atoms with Gasteiger partial charge in [0.15, 0.2) is 0 Å². The molecule has 0 aliphatic carbocycles. The average Bonchev–Trinajstić information content (AvgIpc) is 3.05. The van der Waals surface area contributed by atoms with Crippen LogP contribution in [0.25, 0.3) is 20.2 Å². The Balaban J connectivity index is 1.75. The highest BCUT2D eigenvalue weighted by atomic mass is 32.1. The number of carboxylic acids is 1. The highest BCUT2D eigenvalue weighted by Crippen LogP contribution is 2.37. The molecule has 0 radical (unpaired) electrons. The molecule has 6 heteroatoms. The van der Waals surface area contributed by atoms with Crippen molar-refractivity contribution in [1.29, 1.82) is 0 Å². The van der Waals surface area contributed by atoms with Crippen molar-refractivity contribution in [2.24, 2.45) is 11.8 Å². The van der Waals surface area contributed by atoms with Crippen molar-refractivity contribution in [2.75, 3.05) is 26.3 Å². The van der Waals surface area contributed by atoms with E-state index < -0.39 is 12.0 Å². The molecular formula is C21H23NO4S. The lowest BCUT2D eigenvalue weighted by Crippen LogP contribution is -2.46. The number of nitrogens with zero attached hydrogens (tertiary/aromatic N) is 1. The molecule has 0 saturated carbocycles. The van der Waals surface area contributed by atoms with E-state index in [1.807, 2.05) is 35.2 Å². The summed E-state index contributed by atoms with van der Waals surface area (Å²) in [6, 6.07) is 13.3. The Kier molecular flexibility index (Phi) is 5.14. The molecule has 0 bridgehead atoms. The molecule has 1 aliphatic heterocycles. The summed E-state index contributed by atoms with van der Waals surface area (Å²) in [4.78, 5) is 14.1. The molecular weight excluding hydrogens is 362 g/mol. The summed E-state index contributed by atoms with van der Waals surface area (Å²) in [7, 11) is 0. The molecule has 1 aromatic heterocycles. The molecule has 2 aromatic carbocycles. The fourth-order valence-corrected chi connectivity index (χ4v) is 5.34. The number of likely N-dealkylation sites (tertiary alicyclic amines) is 1. The van der Waals surface area contributed by atoms with Crippen molar-refractivity contribution in [3.63, 3.8) is 0 Å². The predicted octanol–water partition coefficient (Wildman–Crippen LogP) is 3.10. The van der Waals surface area contributed by atoms with Crippen LogP contribution in [-0.2, 0) is 4.79 Å². The van der Waals surface area contributed by atoms with Crippen molar-refractivity contribution in [3.8, 4) is 0 Å². The Morgan fingerprint density at radius 1 is 1.04 bits per heavy atom. The Labute approximate surface area is 161 Å². The van der Waals surface area contributed by atoms with Crippen molar-refractivity contribution >= 4 is 37.5 Å². The summed E-state index contributed by atoms with van der Waals surface area (Å²) in [6.45, 7) is 1.06. The second kappa shape index (κ2) is 7.56. The van der Waals surface area contributed by atoms with E-state index in [9.17, 15) is 20.1 Å². The van der Waals surface area contributed by atoms with Crippen molar-refractivity contribution in [2.45, 2.75) is 12.5 Å². The zero-order chi connectivity index (χ0) is 19.0. The minimum Gasteiger partial charge on any atom is -0.480 e. The summed E-state index contributed by atoms with van der Waals surface area (Å²) in [6.07, 6.45) is 0.726. The van der Waals surface area contributed by atoms with Crippen LogP contribution in [0.1, 0.15) is 18.0 Å². The Hall–Kier alpha value is -1.99. The first-order valence-corrected chi connectivity index (χ1v) is 10.0. The van der Waals surface area contributed by atoms with E-state index in [1.54, 1.807) is 11.3 Å². The van der Waals surface area contributed by atoms with Gasteiger partial charge in [0.1, 0.15) is 6.04 Å². The van der Waals surface area contributed by atoms with E-state index in [4.69, 9.17) is 0 Å². The molecule has 3 N–H and O–H groups in total. The second-order valence-corrected chi connectivity index (χ2v) is 8.47. The smallest absolute Gasteiger partial charge is 0.325 e. The number of carbonyl (C=O) groups is 1. The minimum atomic E-state index is -0.899. The number of carboxylic acid groups (broad SMARTS) is 1. The average molecular weight is 385 g/mol. The maximum atomic E-state index is 12.2. The van der Waals surface area contributed by atoms with Gasteiger partial charge in [0.05, 0.1) is 0 Å². The molecule has 4 rings (SSSR count). The number of aliphatic carboxylic acids is 1. The molecule has 27 heavy (non-hydrogen) atoms. The van der Waals surface area contributed by atoms with Crippen LogP contribution in [0.4, 0.5) is 0 Å². The zero-order valence-electron chi connectivity index (χ0n) is 14.9. The summed E-state index contributed by atoms with van der Waals surface area (Å²) in [5.41, 5.74) is 0.744. The molecule has 0 spiro atoms. The van der Waals surface area contributed by atoms with Gasteiger partial charge in [0, 0.05) is 46.5 Å². The van der Waals surface area contributed by atoms with Crippen LogP contribution in [-0.4, -0.2) is 52.5 Å². The first-order valence-electron chi connectivity index (χ1n) is 9.20. The lowest BCUT2D eigenvalue weighted by Gasteiger charge is -2.39. The topological polar surface area (TPSA) is 81.0 Å². The summed E-state index contributed by atoms with van der Waals surface area (Å²) >= 11 is 1.71. The molecule has 0 amide bonds. The van der Waals surface area contributed by atoms with Gasteiger partial charge in [-0.15, -0.1) is 11.3 Å². The molecule has 1 fully saturated rings. The standard InChI is InChI=1S/C21H23NO4S/c23-11-13-7-14(12-24)10-22(9-13)20(21(25)26)15-5-6-19-17(8-15)16-3-1-2-4-18(16)27-19/h1-6,8,13-14,20,23-24H,7,9-12H2,(H,25,26)/t13-,14+,20?. The minimum absolute atomic E-state index is 0.00748. The molecule has 1 saturated heterocycles. The van der Waals surface area contributed by atoms with E-state index in [0.717, 1.165) is 27.5 Å². The first kappa shape index (κ1) is 18.4. The van der Waals surface area contributed by atoms with Crippen molar-refractivity contribution in [3.05, 3.63) is 48.0 Å². The summed E-state index contributed by atoms with van der Waals surface area (Å²) in [5.74, 6) is -0.920. The summed E-state index contributed by atoms with van der Waals surface area (Å²) < 4.78 is 2.33. The zero-order valence-corrected chi connectivity index (χ0v) is 15.7. The molecule has 1 unspecified atom stereocenters. The van der Waals surface area contributed by atoms with Crippen LogP contribution in [0.5, 0.6) is 0 Å². The van der Waals surface area contributed by atoms with E-state index in [-0.39, 0.29) is 25.0 Å². The number of rotatable bonds is 5. The first-order chi connectivity index (χ1) is 13.1.